The van der Waals surface area contributed by atoms with Crippen LogP contribution in [0.3, 0.4) is 0 Å². The maximum atomic E-state index is 12.3. The van der Waals surface area contributed by atoms with Crippen molar-refractivity contribution in [2.75, 3.05) is 20.7 Å². The summed E-state index contributed by atoms with van der Waals surface area (Å²) in [6.45, 7) is -0.000810. The van der Waals surface area contributed by atoms with Crippen LogP contribution in [0.1, 0.15) is 19.1 Å². The first-order valence-corrected chi connectivity index (χ1v) is 8.34. The molecule has 0 aliphatic carbocycles. The van der Waals surface area contributed by atoms with Gasteiger partial charge in [0.2, 0.25) is 5.95 Å². The van der Waals surface area contributed by atoms with E-state index in [2.05, 4.69) is 37.6 Å². The van der Waals surface area contributed by atoms with Gasteiger partial charge in [-0.05, 0) is 35.4 Å². The van der Waals surface area contributed by atoms with Crippen molar-refractivity contribution in [2.45, 2.75) is 25.2 Å². The Balaban J connectivity index is 2.07. The Morgan fingerprint density at radius 1 is 1.61 bits per heavy atom. The smallest absolute Gasteiger partial charge is 0.262 e. The topological polar surface area (TPSA) is 95.7 Å². The number of fused-ring (bicyclic) bond motifs is 1. The molecular formula is C14H18IN5O3. The number of hydrogen-bond acceptors (Lipinski definition) is 5. The average molecular weight is 431 g/mol. The molecule has 1 aliphatic heterocycles. The second-order valence-corrected chi connectivity index (χ2v) is 6.82. The summed E-state index contributed by atoms with van der Waals surface area (Å²) in [6, 6.07) is 0. The van der Waals surface area contributed by atoms with E-state index in [-0.39, 0.29) is 30.4 Å². The zero-order chi connectivity index (χ0) is 16.6. The van der Waals surface area contributed by atoms with Crippen molar-refractivity contribution in [3.63, 3.8) is 0 Å². The minimum atomic E-state index is -0.224. The Morgan fingerprint density at radius 3 is 3.04 bits per heavy atom. The van der Waals surface area contributed by atoms with Gasteiger partial charge in [-0.15, -0.1) is 0 Å². The van der Waals surface area contributed by atoms with Crippen LogP contribution in [0.5, 0.6) is 0 Å². The van der Waals surface area contributed by atoms with Crippen LogP contribution >= 0.6 is 22.6 Å². The van der Waals surface area contributed by atoms with E-state index in [9.17, 15) is 9.90 Å². The molecule has 0 bridgehead atoms. The van der Waals surface area contributed by atoms with Crippen LogP contribution in [-0.2, 0) is 4.74 Å². The van der Waals surface area contributed by atoms with E-state index in [4.69, 9.17) is 4.74 Å². The Kier molecular flexibility index (Phi) is 4.69. The van der Waals surface area contributed by atoms with Crippen molar-refractivity contribution in [1.82, 2.24) is 19.4 Å². The van der Waals surface area contributed by atoms with Crippen LogP contribution in [0.4, 0.5) is 5.95 Å². The molecule has 2 atom stereocenters. The fraction of sp³-hybridized carbons (Fsp3) is 0.500. The number of hydrogen-bond donors (Lipinski definition) is 2. The van der Waals surface area contributed by atoms with Crippen LogP contribution in [0, 0.1) is 3.57 Å². The summed E-state index contributed by atoms with van der Waals surface area (Å²) in [5.41, 5.74) is 0.327. The summed E-state index contributed by atoms with van der Waals surface area (Å²) in [6.07, 6.45) is 4.61. The molecule has 0 spiro atoms. The van der Waals surface area contributed by atoms with Gasteiger partial charge in [0.1, 0.15) is 6.23 Å². The molecule has 0 saturated carbocycles. The highest BCUT2D eigenvalue weighted by Crippen LogP contribution is 2.32. The molecule has 0 aromatic carbocycles. The number of rotatable bonds is 4. The number of aromatic amines is 1. The lowest BCUT2D eigenvalue weighted by molar-refractivity contribution is -0.0205. The molecule has 2 N–H and O–H groups in total. The van der Waals surface area contributed by atoms with Crippen LogP contribution < -0.4 is 5.56 Å². The van der Waals surface area contributed by atoms with Crippen molar-refractivity contribution >= 4 is 45.9 Å². The number of ether oxygens (including phenoxy) is 1. The lowest BCUT2D eigenvalue weighted by atomic mass is 10.2. The minimum absolute atomic E-state index is 0.000810. The maximum absolute atomic E-state index is 12.3. The minimum Gasteiger partial charge on any atom is -0.394 e. The standard InChI is InChI=1S/C14H18IN5O3/c1-19(2)7-16-14-17-12-11(13(22)18-14)9(15)5-20(12)10-4-3-8(6-21)23-10/h5,7-8,10,21H,3-4,6H2,1-2H3,(H,17,18,22)/t8-,10+/m0/s1. The van der Waals surface area contributed by atoms with E-state index < -0.39 is 0 Å². The molecule has 0 radical (unpaired) electrons. The van der Waals surface area contributed by atoms with Gasteiger partial charge in [-0.2, -0.15) is 4.98 Å². The largest absolute Gasteiger partial charge is 0.394 e. The fourth-order valence-corrected chi connectivity index (χ4v) is 3.36. The molecule has 8 nitrogen and oxygen atoms in total. The van der Waals surface area contributed by atoms with Crippen molar-refractivity contribution in [2.24, 2.45) is 4.99 Å². The van der Waals surface area contributed by atoms with Gasteiger partial charge in [-0.3, -0.25) is 9.78 Å². The number of H-pyrrole nitrogens is 1. The molecule has 1 fully saturated rings. The van der Waals surface area contributed by atoms with Gasteiger partial charge in [0, 0.05) is 23.9 Å². The summed E-state index contributed by atoms with van der Waals surface area (Å²) < 4.78 is 8.48. The SMILES string of the molecule is CN(C)C=Nc1nc2c(c(I)cn2[C@H]2CC[C@@H](CO)O2)c(=O)[nH]1. The van der Waals surface area contributed by atoms with E-state index in [1.807, 2.05) is 24.9 Å². The summed E-state index contributed by atoms with van der Waals surface area (Å²) in [5, 5.41) is 9.76. The molecular weight excluding hydrogens is 413 g/mol. The first-order chi connectivity index (χ1) is 11.0. The van der Waals surface area contributed by atoms with Crippen molar-refractivity contribution < 1.29 is 9.84 Å². The molecule has 3 rings (SSSR count). The Hall–Kier alpha value is -1.46. The van der Waals surface area contributed by atoms with Gasteiger partial charge in [0.25, 0.3) is 5.56 Å². The summed E-state index contributed by atoms with van der Waals surface area (Å²) >= 11 is 2.12. The van der Waals surface area contributed by atoms with Crippen molar-refractivity contribution in [3.05, 3.63) is 20.1 Å². The summed E-state index contributed by atoms with van der Waals surface area (Å²) in [4.78, 5) is 25.4. The van der Waals surface area contributed by atoms with E-state index in [1.54, 1.807) is 11.2 Å². The van der Waals surface area contributed by atoms with E-state index in [0.29, 0.717) is 11.0 Å². The zero-order valence-corrected chi connectivity index (χ0v) is 15.0. The molecule has 124 valence electrons. The van der Waals surface area contributed by atoms with E-state index >= 15 is 0 Å². The van der Waals surface area contributed by atoms with E-state index in [1.165, 1.54) is 0 Å². The Bertz CT molecular complexity index is 798. The molecule has 3 heterocycles. The molecule has 1 saturated heterocycles. The highest BCUT2D eigenvalue weighted by Gasteiger charge is 2.28. The molecule has 2 aromatic rings. The van der Waals surface area contributed by atoms with Crippen LogP contribution in [0.15, 0.2) is 16.0 Å². The lowest BCUT2D eigenvalue weighted by Crippen LogP contribution is -2.15. The highest BCUT2D eigenvalue weighted by molar-refractivity contribution is 14.1. The number of aliphatic hydroxyl groups excluding tert-OH is 1. The van der Waals surface area contributed by atoms with Gasteiger partial charge >= 0.3 is 0 Å². The Labute approximate surface area is 146 Å². The first kappa shape index (κ1) is 16.4. The number of aromatic nitrogens is 3. The van der Waals surface area contributed by atoms with Crippen LogP contribution in [-0.4, -0.2) is 57.7 Å². The maximum Gasteiger partial charge on any atom is 0.262 e. The number of aliphatic imine (C=N–C) groups is 1. The number of aliphatic hydroxyl groups is 1. The number of halogens is 1. The van der Waals surface area contributed by atoms with Gasteiger partial charge in [-0.1, -0.05) is 0 Å². The summed E-state index contributed by atoms with van der Waals surface area (Å²) in [7, 11) is 3.68. The van der Waals surface area contributed by atoms with Crippen molar-refractivity contribution in [3.8, 4) is 0 Å². The predicted octanol–water partition coefficient (Wildman–Crippen LogP) is 1.22. The number of nitrogens with zero attached hydrogens (tertiary/aromatic N) is 4. The van der Waals surface area contributed by atoms with E-state index in [0.717, 1.165) is 16.4 Å². The second-order valence-electron chi connectivity index (χ2n) is 5.65. The normalized spacial score (nSPS) is 21.6. The average Bonchev–Trinajstić information content (AvgIpc) is 3.10. The molecule has 2 aromatic heterocycles. The van der Waals surface area contributed by atoms with Gasteiger partial charge in [0.15, 0.2) is 5.65 Å². The van der Waals surface area contributed by atoms with Crippen LogP contribution in [0.2, 0.25) is 0 Å². The third-order valence-corrected chi connectivity index (χ3v) is 4.45. The molecule has 0 unspecified atom stereocenters. The molecule has 0 amide bonds. The third-order valence-electron chi connectivity index (χ3n) is 3.63. The molecule has 9 heteroatoms. The van der Waals surface area contributed by atoms with Crippen molar-refractivity contribution in [1.29, 1.82) is 0 Å². The summed E-state index contributed by atoms with van der Waals surface area (Å²) in [5.74, 6) is 0.253. The van der Waals surface area contributed by atoms with Gasteiger partial charge in [0.05, 0.1) is 24.4 Å². The first-order valence-electron chi connectivity index (χ1n) is 7.27. The third kappa shape index (κ3) is 3.26. The second kappa shape index (κ2) is 6.57. The quantitative estimate of drug-likeness (QED) is 0.431. The predicted molar refractivity (Wildman–Crippen MR) is 95.1 cm³/mol. The lowest BCUT2D eigenvalue weighted by Gasteiger charge is -2.14. The Morgan fingerprint density at radius 2 is 2.39 bits per heavy atom. The zero-order valence-electron chi connectivity index (χ0n) is 12.9. The van der Waals surface area contributed by atoms with Crippen LogP contribution in [0.25, 0.3) is 11.0 Å². The number of nitrogens with one attached hydrogen (secondary N) is 1. The molecule has 23 heavy (non-hydrogen) atoms. The fourth-order valence-electron chi connectivity index (χ4n) is 2.58. The molecule has 1 aliphatic rings. The van der Waals surface area contributed by atoms with Gasteiger partial charge in [-0.25, -0.2) is 4.99 Å². The monoisotopic (exact) mass is 431 g/mol. The highest BCUT2D eigenvalue weighted by atomic mass is 127. The van der Waals surface area contributed by atoms with Gasteiger partial charge < -0.3 is 19.3 Å².